The van der Waals surface area contributed by atoms with Gasteiger partial charge in [-0.25, -0.2) is 17.9 Å². The van der Waals surface area contributed by atoms with Gasteiger partial charge in [0.05, 0.1) is 4.90 Å². The van der Waals surface area contributed by atoms with E-state index in [0.29, 0.717) is 30.5 Å². The molecule has 0 saturated carbocycles. The average molecular weight is 459 g/mol. The largest absolute Gasteiger partial charge is 0.486 e. The fourth-order valence-electron chi connectivity index (χ4n) is 3.86. The number of carbonyl (C=O) groups excluding carboxylic acids is 1. The Bertz CT molecular complexity index is 1310. The van der Waals surface area contributed by atoms with Crippen molar-refractivity contribution in [3.8, 4) is 11.5 Å². The van der Waals surface area contributed by atoms with E-state index in [0.717, 1.165) is 11.4 Å². The molecule has 5 rings (SSSR count). The predicted octanol–water partition coefficient (Wildman–Crippen LogP) is 0.659. The maximum absolute atomic E-state index is 13.1. The number of piperazine rings is 1. The molecule has 4 heterocycles. The third kappa shape index (κ3) is 3.54. The molecule has 0 bridgehead atoms. The third-order valence-corrected chi connectivity index (χ3v) is 7.38. The number of aryl methyl sites for hydroxylation is 2. The molecule has 1 aromatic carbocycles. The van der Waals surface area contributed by atoms with Crippen LogP contribution in [-0.2, 0) is 10.0 Å². The van der Waals surface area contributed by atoms with Gasteiger partial charge in [0.15, 0.2) is 11.5 Å². The first-order chi connectivity index (χ1) is 15.3. The second kappa shape index (κ2) is 7.71. The van der Waals surface area contributed by atoms with E-state index in [2.05, 4.69) is 15.1 Å². The number of hydrogen-bond donors (Lipinski definition) is 0. The van der Waals surface area contributed by atoms with Crippen LogP contribution in [0, 0.1) is 13.8 Å². The molecule has 3 aromatic rings. The molecule has 0 unspecified atom stereocenters. The molecule has 12 heteroatoms. The molecule has 2 aliphatic rings. The zero-order valence-corrected chi connectivity index (χ0v) is 18.5. The van der Waals surface area contributed by atoms with Crippen LogP contribution in [0.4, 0.5) is 0 Å². The summed E-state index contributed by atoms with van der Waals surface area (Å²) in [5, 5.41) is 4.28. The molecule has 32 heavy (non-hydrogen) atoms. The highest BCUT2D eigenvalue weighted by molar-refractivity contribution is 7.89. The number of aromatic nitrogens is 4. The van der Waals surface area contributed by atoms with Crippen molar-refractivity contribution in [3.63, 3.8) is 0 Å². The molecule has 0 spiro atoms. The minimum Gasteiger partial charge on any atom is -0.486 e. The van der Waals surface area contributed by atoms with Crippen molar-refractivity contribution in [2.45, 2.75) is 18.7 Å². The Balaban J connectivity index is 1.30. The minimum atomic E-state index is -3.73. The normalized spacial score (nSPS) is 17.0. The monoisotopic (exact) mass is 458 g/mol. The predicted molar refractivity (Wildman–Crippen MR) is 112 cm³/mol. The highest BCUT2D eigenvalue weighted by atomic mass is 32.2. The molecule has 0 radical (unpaired) electrons. The van der Waals surface area contributed by atoms with Gasteiger partial charge in [0.25, 0.3) is 11.7 Å². The van der Waals surface area contributed by atoms with Crippen molar-refractivity contribution < 1.29 is 22.7 Å². The topological polar surface area (TPSA) is 119 Å². The Morgan fingerprint density at radius 2 is 1.69 bits per heavy atom. The number of hydrogen-bond acceptors (Lipinski definition) is 8. The standard InChI is InChI=1S/C20H22N6O5S/c1-13-11-14(2)26-20(21-13)22-18(23-26)19(27)24-5-7-25(8-6-24)32(28,29)15-3-4-16-17(12-15)31-10-9-30-16/h3-4,11-12H,5-10H2,1-2H3. The molecule has 0 atom stereocenters. The molecule has 168 valence electrons. The van der Waals surface area contributed by atoms with E-state index < -0.39 is 10.0 Å². The van der Waals surface area contributed by atoms with Crippen LogP contribution in [0.25, 0.3) is 5.78 Å². The number of amides is 1. The van der Waals surface area contributed by atoms with Crippen molar-refractivity contribution in [2.24, 2.45) is 0 Å². The first kappa shape index (κ1) is 20.6. The van der Waals surface area contributed by atoms with Crippen LogP contribution >= 0.6 is 0 Å². The molecule has 0 N–H and O–H groups in total. The molecular weight excluding hydrogens is 436 g/mol. The summed E-state index contributed by atoms with van der Waals surface area (Å²) in [6, 6.07) is 6.46. The Labute approximate surface area is 184 Å². The van der Waals surface area contributed by atoms with Crippen LogP contribution < -0.4 is 9.47 Å². The van der Waals surface area contributed by atoms with Crippen molar-refractivity contribution in [2.75, 3.05) is 39.4 Å². The van der Waals surface area contributed by atoms with Crippen LogP contribution in [0.5, 0.6) is 11.5 Å². The van der Waals surface area contributed by atoms with Crippen LogP contribution in [-0.4, -0.2) is 82.5 Å². The number of ether oxygens (including phenoxy) is 2. The summed E-state index contributed by atoms with van der Waals surface area (Å²) in [6.45, 7) is 5.36. The maximum Gasteiger partial charge on any atom is 0.293 e. The summed E-state index contributed by atoms with van der Waals surface area (Å²) in [4.78, 5) is 23.2. The highest BCUT2D eigenvalue weighted by Gasteiger charge is 2.32. The van der Waals surface area contributed by atoms with E-state index in [4.69, 9.17) is 9.47 Å². The van der Waals surface area contributed by atoms with Gasteiger partial charge >= 0.3 is 0 Å². The molecule has 1 fully saturated rings. The molecule has 2 aromatic heterocycles. The van der Waals surface area contributed by atoms with E-state index in [1.165, 1.54) is 21.0 Å². The van der Waals surface area contributed by atoms with Gasteiger partial charge in [-0.3, -0.25) is 4.79 Å². The van der Waals surface area contributed by atoms with Crippen LogP contribution in [0.2, 0.25) is 0 Å². The lowest BCUT2D eigenvalue weighted by Gasteiger charge is -2.33. The SMILES string of the molecule is Cc1cc(C)n2nc(C(=O)N3CCN(S(=O)(=O)c4ccc5c(c4)OCCO5)CC3)nc2n1. The summed E-state index contributed by atoms with van der Waals surface area (Å²) in [5.41, 5.74) is 1.62. The summed E-state index contributed by atoms with van der Waals surface area (Å²) < 4.78 is 40.1. The summed E-state index contributed by atoms with van der Waals surface area (Å²) in [5.74, 6) is 1.03. The van der Waals surface area contributed by atoms with Crippen LogP contribution in [0.1, 0.15) is 22.0 Å². The van der Waals surface area contributed by atoms with Crippen molar-refractivity contribution in [1.82, 2.24) is 28.8 Å². The third-order valence-electron chi connectivity index (χ3n) is 5.49. The lowest BCUT2D eigenvalue weighted by atomic mass is 10.3. The van der Waals surface area contributed by atoms with Gasteiger partial charge in [-0.05, 0) is 32.0 Å². The van der Waals surface area contributed by atoms with E-state index >= 15 is 0 Å². The van der Waals surface area contributed by atoms with Gasteiger partial charge in [0.1, 0.15) is 13.2 Å². The summed E-state index contributed by atoms with van der Waals surface area (Å²) in [7, 11) is -3.73. The van der Waals surface area contributed by atoms with Gasteiger partial charge in [-0.15, -0.1) is 5.10 Å². The molecule has 0 aliphatic carbocycles. The number of sulfonamides is 1. The summed E-state index contributed by atoms with van der Waals surface area (Å²) in [6.07, 6.45) is 0. The Kier molecular flexibility index (Phi) is 4.97. The van der Waals surface area contributed by atoms with E-state index in [1.807, 2.05) is 19.9 Å². The van der Waals surface area contributed by atoms with Gasteiger partial charge in [-0.2, -0.15) is 9.29 Å². The van der Waals surface area contributed by atoms with Gasteiger partial charge in [0, 0.05) is 43.6 Å². The Hall–Kier alpha value is -3.25. The molecule has 1 amide bonds. The number of benzene rings is 1. The average Bonchev–Trinajstić information content (AvgIpc) is 3.23. The second-order valence-corrected chi connectivity index (χ2v) is 9.63. The quantitative estimate of drug-likeness (QED) is 0.562. The van der Waals surface area contributed by atoms with E-state index in [9.17, 15) is 13.2 Å². The van der Waals surface area contributed by atoms with Crippen LogP contribution in [0.15, 0.2) is 29.2 Å². The Morgan fingerprint density at radius 1 is 0.969 bits per heavy atom. The first-order valence-corrected chi connectivity index (χ1v) is 11.7. The second-order valence-electron chi connectivity index (χ2n) is 7.69. The minimum absolute atomic E-state index is 0.0503. The molecule has 11 nitrogen and oxygen atoms in total. The number of carbonyl (C=O) groups is 1. The smallest absolute Gasteiger partial charge is 0.293 e. The fraction of sp³-hybridized carbons (Fsp3) is 0.400. The van der Waals surface area contributed by atoms with Gasteiger partial charge in [-0.1, -0.05) is 0 Å². The zero-order chi connectivity index (χ0) is 22.5. The molecule has 2 aliphatic heterocycles. The number of rotatable bonds is 3. The lowest BCUT2D eigenvalue weighted by Crippen LogP contribution is -2.50. The van der Waals surface area contributed by atoms with Gasteiger partial charge < -0.3 is 14.4 Å². The zero-order valence-electron chi connectivity index (χ0n) is 17.7. The van der Waals surface area contributed by atoms with Crippen molar-refractivity contribution >= 4 is 21.7 Å². The number of nitrogens with zero attached hydrogens (tertiary/aromatic N) is 6. The highest BCUT2D eigenvalue weighted by Crippen LogP contribution is 2.33. The first-order valence-electron chi connectivity index (χ1n) is 10.2. The number of fused-ring (bicyclic) bond motifs is 2. The summed E-state index contributed by atoms with van der Waals surface area (Å²) >= 11 is 0. The van der Waals surface area contributed by atoms with Crippen molar-refractivity contribution in [1.29, 1.82) is 0 Å². The lowest BCUT2D eigenvalue weighted by molar-refractivity contribution is 0.0686. The fourth-order valence-corrected chi connectivity index (χ4v) is 5.30. The Morgan fingerprint density at radius 3 is 2.44 bits per heavy atom. The van der Waals surface area contributed by atoms with Crippen LogP contribution in [0.3, 0.4) is 0 Å². The van der Waals surface area contributed by atoms with Crippen molar-refractivity contribution in [3.05, 3.63) is 41.5 Å². The molecular formula is C20H22N6O5S. The maximum atomic E-state index is 13.1. The van der Waals surface area contributed by atoms with E-state index in [1.54, 1.807) is 11.0 Å². The van der Waals surface area contributed by atoms with Gasteiger partial charge in [0.2, 0.25) is 15.8 Å². The molecule has 1 saturated heterocycles. The van der Waals surface area contributed by atoms with E-state index in [-0.39, 0.29) is 42.8 Å².